The van der Waals surface area contributed by atoms with Gasteiger partial charge in [-0.05, 0) is 43.3 Å². The van der Waals surface area contributed by atoms with Crippen LogP contribution in [0.1, 0.15) is 5.69 Å². The molecular weight excluding hydrogens is 216 g/mol. The van der Waals surface area contributed by atoms with Crippen LogP contribution in [0.3, 0.4) is 0 Å². The number of ether oxygens (including phenoxy) is 2. The fourth-order valence-corrected chi connectivity index (χ4v) is 1.38. The summed E-state index contributed by atoms with van der Waals surface area (Å²) < 4.78 is 10.7. The Labute approximate surface area is 100 Å². The molecule has 0 fully saturated rings. The third kappa shape index (κ3) is 2.66. The molecular formula is C13H14N2O2. The molecule has 88 valence electrons. The van der Waals surface area contributed by atoms with Gasteiger partial charge in [0.25, 0.3) is 0 Å². The van der Waals surface area contributed by atoms with Crippen LogP contribution in [-0.4, -0.2) is 12.1 Å². The van der Waals surface area contributed by atoms with Gasteiger partial charge in [-0.1, -0.05) is 0 Å². The number of benzene rings is 1. The van der Waals surface area contributed by atoms with Crippen molar-refractivity contribution in [2.45, 2.75) is 6.92 Å². The first-order valence-electron chi connectivity index (χ1n) is 5.24. The number of methoxy groups -OCH3 is 1. The molecule has 0 saturated carbocycles. The van der Waals surface area contributed by atoms with Gasteiger partial charge in [0.2, 0.25) is 5.88 Å². The number of rotatable bonds is 3. The average Bonchev–Trinajstić information content (AvgIpc) is 2.35. The Morgan fingerprint density at radius 2 is 1.65 bits per heavy atom. The van der Waals surface area contributed by atoms with Gasteiger partial charge in [0, 0.05) is 5.69 Å². The SMILES string of the molecule is COc1ccc(Oc2nc(C)ccc2N)cc1. The maximum Gasteiger partial charge on any atom is 0.242 e. The van der Waals surface area contributed by atoms with Crippen molar-refractivity contribution >= 4 is 5.69 Å². The Morgan fingerprint density at radius 3 is 2.29 bits per heavy atom. The molecule has 2 N–H and O–H groups in total. The van der Waals surface area contributed by atoms with Gasteiger partial charge in [-0.2, -0.15) is 0 Å². The van der Waals surface area contributed by atoms with E-state index in [1.807, 2.05) is 37.3 Å². The highest BCUT2D eigenvalue weighted by Crippen LogP contribution is 2.26. The van der Waals surface area contributed by atoms with E-state index in [0.717, 1.165) is 11.4 Å². The number of anilines is 1. The number of aromatic nitrogens is 1. The van der Waals surface area contributed by atoms with Crippen LogP contribution in [0.5, 0.6) is 17.4 Å². The first-order chi connectivity index (χ1) is 8.19. The second kappa shape index (κ2) is 4.74. The van der Waals surface area contributed by atoms with Gasteiger partial charge >= 0.3 is 0 Å². The minimum absolute atomic E-state index is 0.426. The minimum Gasteiger partial charge on any atom is -0.497 e. The molecule has 0 atom stereocenters. The predicted molar refractivity (Wildman–Crippen MR) is 66.5 cm³/mol. The van der Waals surface area contributed by atoms with Crippen LogP contribution in [0, 0.1) is 6.92 Å². The van der Waals surface area contributed by atoms with E-state index >= 15 is 0 Å². The minimum atomic E-state index is 0.426. The highest BCUT2D eigenvalue weighted by atomic mass is 16.5. The molecule has 4 heteroatoms. The van der Waals surface area contributed by atoms with Crippen molar-refractivity contribution in [2.75, 3.05) is 12.8 Å². The van der Waals surface area contributed by atoms with Crippen LogP contribution in [0.15, 0.2) is 36.4 Å². The highest BCUT2D eigenvalue weighted by Gasteiger charge is 2.04. The Morgan fingerprint density at radius 1 is 1.00 bits per heavy atom. The van der Waals surface area contributed by atoms with E-state index in [1.165, 1.54) is 0 Å². The number of nitrogens with zero attached hydrogens (tertiary/aromatic N) is 1. The Hall–Kier alpha value is -2.23. The summed E-state index contributed by atoms with van der Waals surface area (Å²) in [5.41, 5.74) is 7.16. The van der Waals surface area contributed by atoms with E-state index in [0.29, 0.717) is 17.3 Å². The first kappa shape index (κ1) is 11.3. The van der Waals surface area contributed by atoms with E-state index < -0.39 is 0 Å². The Bertz CT molecular complexity index is 509. The van der Waals surface area contributed by atoms with Gasteiger partial charge < -0.3 is 15.2 Å². The summed E-state index contributed by atoms with van der Waals surface area (Å²) in [4.78, 5) is 4.23. The van der Waals surface area contributed by atoms with Crippen LogP contribution in [0.4, 0.5) is 5.69 Å². The zero-order valence-corrected chi connectivity index (χ0v) is 9.81. The van der Waals surface area contributed by atoms with Gasteiger partial charge in [0.15, 0.2) is 0 Å². The summed E-state index contributed by atoms with van der Waals surface area (Å²) in [6.07, 6.45) is 0. The third-order valence-corrected chi connectivity index (χ3v) is 2.30. The van der Waals surface area contributed by atoms with Gasteiger partial charge in [0.05, 0.1) is 12.8 Å². The maximum absolute atomic E-state index is 5.78. The Balaban J connectivity index is 2.22. The number of aryl methyl sites for hydroxylation is 1. The van der Waals surface area contributed by atoms with E-state index in [4.69, 9.17) is 15.2 Å². The van der Waals surface area contributed by atoms with Crippen molar-refractivity contribution in [1.29, 1.82) is 0 Å². The van der Waals surface area contributed by atoms with Crippen LogP contribution in [0.25, 0.3) is 0 Å². The maximum atomic E-state index is 5.78. The molecule has 4 nitrogen and oxygen atoms in total. The van der Waals surface area contributed by atoms with Crippen LogP contribution in [-0.2, 0) is 0 Å². The topological polar surface area (TPSA) is 57.4 Å². The van der Waals surface area contributed by atoms with Crippen molar-refractivity contribution < 1.29 is 9.47 Å². The zero-order chi connectivity index (χ0) is 12.3. The van der Waals surface area contributed by atoms with Gasteiger partial charge in [-0.3, -0.25) is 0 Å². The average molecular weight is 230 g/mol. The lowest BCUT2D eigenvalue weighted by Crippen LogP contribution is -1.96. The summed E-state index contributed by atoms with van der Waals surface area (Å²) in [6.45, 7) is 1.89. The molecule has 0 aliphatic carbocycles. The molecule has 1 aromatic carbocycles. The van der Waals surface area contributed by atoms with Crippen molar-refractivity contribution in [3.05, 3.63) is 42.1 Å². The second-order valence-corrected chi connectivity index (χ2v) is 3.62. The highest BCUT2D eigenvalue weighted by molar-refractivity contribution is 5.50. The normalized spacial score (nSPS) is 10.0. The van der Waals surface area contributed by atoms with Crippen LogP contribution < -0.4 is 15.2 Å². The molecule has 2 aromatic rings. The smallest absolute Gasteiger partial charge is 0.242 e. The molecule has 2 rings (SSSR count). The monoisotopic (exact) mass is 230 g/mol. The molecule has 1 aromatic heterocycles. The largest absolute Gasteiger partial charge is 0.497 e. The lowest BCUT2D eigenvalue weighted by atomic mass is 10.3. The molecule has 0 bridgehead atoms. The fraction of sp³-hybridized carbons (Fsp3) is 0.154. The van der Waals surface area contributed by atoms with E-state index in [-0.39, 0.29) is 0 Å². The lowest BCUT2D eigenvalue weighted by Gasteiger charge is -2.08. The van der Waals surface area contributed by atoms with Crippen molar-refractivity contribution in [3.63, 3.8) is 0 Å². The zero-order valence-electron chi connectivity index (χ0n) is 9.81. The van der Waals surface area contributed by atoms with E-state index in [1.54, 1.807) is 13.2 Å². The standard InChI is InChI=1S/C13H14N2O2/c1-9-3-8-12(14)13(15-9)17-11-6-4-10(16-2)5-7-11/h3-8H,14H2,1-2H3. The number of hydrogen-bond donors (Lipinski definition) is 1. The summed E-state index contributed by atoms with van der Waals surface area (Å²) >= 11 is 0. The quantitative estimate of drug-likeness (QED) is 0.880. The molecule has 0 aliphatic rings. The van der Waals surface area contributed by atoms with Gasteiger partial charge in [-0.15, -0.1) is 0 Å². The summed E-state index contributed by atoms with van der Waals surface area (Å²) in [5, 5.41) is 0. The molecule has 0 spiro atoms. The molecule has 0 saturated heterocycles. The molecule has 0 unspecified atom stereocenters. The second-order valence-electron chi connectivity index (χ2n) is 3.62. The van der Waals surface area contributed by atoms with Gasteiger partial charge in [0.1, 0.15) is 11.5 Å². The number of nitrogen functional groups attached to an aromatic ring is 1. The summed E-state index contributed by atoms with van der Waals surface area (Å²) in [5.74, 6) is 1.88. The lowest BCUT2D eigenvalue weighted by molar-refractivity contribution is 0.412. The molecule has 0 amide bonds. The van der Waals surface area contributed by atoms with Crippen molar-refractivity contribution in [1.82, 2.24) is 4.98 Å². The number of hydrogen-bond acceptors (Lipinski definition) is 4. The fourth-order valence-electron chi connectivity index (χ4n) is 1.38. The van der Waals surface area contributed by atoms with Gasteiger partial charge in [-0.25, -0.2) is 4.98 Å². The molecule has 0 radical (unpaired) electrons. The molecule has 17 heavy (non-hydrogen) atoms. The first-order valence-corrected chi connectivity index (χ1v) is 5.24. The van der Waals surface area contributed by atoms with Crippen molar-refractivity contribution in [3.8, 4) is 17.4 Å². The number of pyridine rings is 1. The number of nitrogens with two attached hydrogens (primary N) is 1. The summed E-state index contributed by atoms with van der Waals surface area (Å²) in [7, 11) is 1.62. The van der Waals surface area contributed by atoms with Crippen LogP contribution >= 0.6 is 0 Å². The third-order valence-electron chi connectivity index (χ3n) is 2.30. The van der Waals surface area contributed by atoms with Crippen LogP contribution in [0.2, 0.25) is 0 Å². The molecule has 0 aliphatic heterocycles. The van der Waals surface area contributed by atoms with Crippen molar-refractivity contribution in [2.24, 2.45) is 0 Å². The predicted octanol–water partition coefficient (Wildman–Crippen LogP) is 2.77. The summed E-state index contributed by atoms with van der Waals surface area (Å²) in [6, 6.07) is 10.9. The Kier molecular flexibility index (Phi) is 3.14. The molecule has 1 heterocycles. The van der Waals surface area contributed by atoms with E-state index in [9.17, 15) is 0 Å². The van der Waals surface area contributed by atoms with E-state index in [2.05, 4.69) is 4.98 Å².